The zero-order valence-corrected chi connectivity index (χ0v) is 25.8. The van der Waals surface area contributed by atoms with Crippen molar-refractivity contribution < 1.29 is 33.6 Å². The number of non-ortho nitro benzene ring substituents is 2. The van der Waals surface area contributed by atoms with Gasteiger partial charge in [-0.2, -0.15) is 0 Å². The van der Waals surface area contributed by atoms with E-state index in [1.807, 2.05) is 36.4 Å². The Kier molecular flexibility index (Phi) is 6.97. The van der Waals surface area contributed by atoms with Gasteiger partial charge in [-0.25, -0.2) is 9.59 Å². The Bertz CT molecular complexity index is 2230. The van der Waals surface area contributed by atoms with Crippen LogP contribution in [0, 0.1) is 20.2 Å². The lowest BCUT2D eigenvalue weighted by Gasteiger charge is -2.39. The molecule has 1 aliphatic carbocycles. The molecule has 0 N–H and O–H groups in total. The second-order valence-corrected chi connectivity index (χ2v) is 11.6. The van der Waals surface area contributed by atoms with E-state index in [1.165, 1.54) is 48.5 Å². The number of nitrogens with zero attached hydrogens (tertiary/aromatic N) is 2. The van der Waals surface area contributed by atoms with Crippen molar-refractivity contribution in [3.63, 3.8) is 0 Å². The first-order valence-electron chi connectivity index (χ1n) is 15.3. The summed E-state index contributed by atoms with van der Waals surface area (Å²) in [6.45, 7) is 0. The fourth-order valence-electron chi connectivity index (χ4n) is 6.77. The molecule has 0 fully saturated rings. The number of carbonyl (C=O) groups excluding carboxylic acids is 2. The van der Waals surface area contributed by atoms with Gasteiger partial charge in [0.25, 0.3) is 11.4 Å². The van der Waals surface area contributed by atoms with Crippen molar-refractivity contribution in [1.82, 2.24) is 0 Å². The van der Waals surface area contributed by atoms with Gasteiger partial charge in [0.15, 0.2) is 0 Å². The maximum Gasteiger partial charge on any atom is 0.343 e. The van der Waals surface area contributed by atoms with Crippen molar-refractivity contribution in [2.45, 2.75) is 5.41 Å². The van der Waals surface area contributed by atoms with Crippen molar-refractivity contribution in [2.75, 3.05) is 0 Å². The minimum atomic E-state index is -0.849. The lowest BCUT2D eigenvalue weighted by molar-refractivity contribution is -0.385. The van der Waals surface area contributed by atoms with Crippen LogP contribution in [0.25, 0.3) is 11.1 Å². The van der Waals surface area contributed by atoms with Gasteiger partial charge in [0.05, 0.1) is 26.4 Å². The molecule has 50 heavy (non-hydrogen) atoms. The Hall–Kier alpha value is -7.14. The van der Waals surface area contributed by atoms with Gasteiger partial charge in [0.1, 0.15) is 23.0 Å². The number of rotatable bonds is 6. The van der Waals surface area contributed by atoms with E-state index in [-0.39, 0.29) is 34.0 Å². The summed E-state index contributed by atoms with van der Waals surface area (Å²) in [5, 5.41) is 22.1. The van der Waals surface area contributed by atoms with E-state index in [2.05, 4.69) is 24.3 Å². The van der Waals surface area contributed by atoms with Crippen LogP contribution < -0.4 is 14.2 Å². The van der Waals surface area contributed by atoms with Crippen LogP contribution in [-0.2, 0) is 5.41 Å². The number of fused-ring (bicyclic) bond motifs is 9. The number of hydrogen-bond acceptors (Lipinski definition) is 9. The number of ether oxygens (including phenoxy) is 3. The summed E-state index contributed by atoms with van der Waals surface area (Å²) >= 11 is 0. The molecule has 0 bridgehead atoms. The fraction of sp³-hybridized carbons (Fsp3) is 0.0256. The average molecular weight is 663 g/mol. The standard InChI is InChI=1S/C39H22N2O9/c42-37(23-9-13-25(14-10-23)40(44)45)48-27-17-19-33-35(21-27)50-36-22-28(49-38(43)24-11-15-26(16-12-24)41(46)47)18-20-34(36)39(33)31-7-3-1-5-29(31)30-6-2-4-8-32(30)39/h1-22H. The van der Waals surface area contributed by atoms with Crippen molar-refractivity contribution in [3.05, 3.63) is 187 Å². The molecule has 0 saturated carbocycles. The van der Waals surface area contributed by atoms with Gasteiger partial charge in [-0.05, 0) is 58.7 Å². The van der Waals surface area contributed by atoms with Crippen LogP contribution in [0.5, 0.6) is 23.0 Å². The molecule has 0 amide bonds. The predicted molar refractivity (Wildman–Crippen MR) is 180 cm³/mol. The van der Waals surface area contributed by atoms with Crippen molar-refractivity contribution >= 4 is 23.3 Å². The van der Waals surface area contributed by atoms with E-state index in [0.29, 0.717) is 11.5 Å². The Morgan fingerprint density at radius 3 is 1.32 bits per heavy atom. The third-order valence-corrected chi connectivity index (χ3v) is 8.94. The summed E-state index contributed by atoms with van der Waals surface area (Å²) in [5.41, 5.74) is 4.83. The molecule has 6 aromatic carbocycles. The Labute approximate surface area is 283 Å². The highest BCUT2D eigenvalue weighted by Gasteiger charge is 2.51. The first kappa shape index (κ1) is 30.2. The normalized spacial score (nSPS) is 12.8. The minimum absolute atomic E-state index is 0.134. The zero-order chi connectivity index (χ0) is 34.6. The second-order valence-electron chi connectivity index (χ2n) is 11.6. The molecule has 11 nitrogen and oxygen atoms in total. The van der Waals surface area contributed by atoms with E-state index in [4.69, 9.17) is 14.2 Å². The van der Waals surface area contributed by atoms with E-state index in [9.17, 15) is 29.8 Å². The van der Waals surface area contributed by atoms with Gasteiger partial charge in [-0.15, -0.1) is 0 Å². The Morgan fingerprint density at radius 1 is 0.520 bits per heavy atom. The van der Waals surface area contributed by atoms with Crippen LogP contribution in [0.1, 0.15) is 43.0 Å². The van der Waals surface area contributed by atoms with E-state index in [1.54, 1.807) is 24.3 Å². The predicted octanol–water partition coefficient (Wildman–Crippen LogP) is 8.41. The molecule has 0 radical (unpaired) electrons. The first-order valence-corrected chi connectivity index (χ1v) is 15.3. The smallest absolute Gasteiger partial charge is 0.343 e. The fourth-order valence-corrected chi connectivity index (χ4v) is 6.77. The maximum atomic E-state index is 13.0. The summed E-state index contributed by atoms with van der Waals surface area (Å²) in [6.07, 6.45) is 0. The van der Waals surface area contributed by atoms with E-state index >= 15 is 0 Å². The van der Waals surface area contributed by atoms with E-state index < -0.39 is 27.2 Å². The topological polar surface area (TPSA) is 148 Å². The number of esters is 2. The molecule has 8 rings (SSSR count). The van der Waals surface area contributed by atoms with Gasteiger partial charge >= 0.3 is 11.9 Å². The molecule has 11 heteroatoms. The van der Waals surface area contributed by atoms with Crippen molar-refractivity contribution in [1.29, 1.82) is 0 Å². The third-order valence-electron chi connectivity index (χ3n) is 8.94. The van der Waals surface area contributed by atoms with Crippen LogP contribution in [0.3, 0.4) is 0 Å². The summed E-state index contributed by atoms with van der Waals surface area (Å²) in [6, 6.07) is 36.7. The quantitative estimate of drug-likeness (QED) is 0.0740. The summed E-state index contributed by atoms with van der Waals surface area (Å²) in [7, 11) is 0. The molecule has 0 unspecified atom stereocenters. The molecule has 0 saturated heterocycles. The molecule has 1 heterocycles. The number of hydrogen-bond donors (Lipinski definition) is 0. The minimum Gasteiger partial charge on any atom is -0.456 e. The van der Waals surface area contributed by atoms with Crippen LogP contribution in [0.4, 0.5) is 11.4 Å². The van der Waals surface area contributed by atoms with Gasteiger partial charge < -0.3 is 14.2 Å². The largest absolute Gasteiger partial charge is 0.456 e. The molecule has 6 aromatic rings. The summed E-state index contributed by atoms with van der Waals surface area (Å²) < 4.78 is 17.9. The molecular weight excluding hydrogens is 640 g/mol. The number of nitro benzene ring substituents is 2. The van der Waals surface area contributed by atoms with Gasteiger partial charge in [0.2, 0.25) is 0 Å². The van der Waals surface area contributed by atoms with E-state index in [0.717, 1.165) is 33.4 Å². The Balaban J connectivity index is 1.22. The lowest BCUT2D eigenvalue weighted by Crippen LogP contribution is -2.32. The lowest BCUT2D eigenvalue weighted by atomic mass is 9.66. The van der Waals surface area contributed by atoms with Crippen LogP contribution in [0.15, 0.2) is 133 Å². The number of nitro groups is 2. The molecular formula is C39H22N2O9. The zero-order valence-electron chi connectivity index (χ0n) is 25.8. The maximum absolute atomic E-state index is 13.0. The highest BCUT2D eigenvalue weighted by Crippen LogP contribution is 2.62. The summed E-state index contributed by atoms with van der Waals surface area (Å²) in [5.74, 6) is -0.240. The van der Waals surface area contributed by atoms with Crippen LogP contribution >= 0.6 is 0 Å². The molecule has 242 valence electrons. The summed E-state index contributed by atoms with van der Waals surface area (Å²) in [4.78, 5) is 47.1. The Morgan fingerprint density at radius 2 is 0.920 bits per heavy atom. The molecule has 0 aromatic heterocycles. The third kappa shape index (κ3) is 4.75. The molecule has 0 atom stereocenters. The van der Waals surface area contributed by atoms with Crippen molar-refractivity contribution in [2.24, 2.45) is 0 Å². The van der Waals surface area contributed by atoms with Gasteiger partial charge in [0, 0.05) is 47.5 Å². The van der Waals surface area contributed by atoms with Crippen molar-refractivity contribution in [3.8, 4) is 34.1 Å². The number of carbonyl (C=O) groups is 2. The SMILES string of the molecule is O=C(Oc1ccc2c(c1)Oc1cc(OC(=O)c3ccc([N+](=O)[O-])cc3)ccc1C21c2ccccc2-c2ccccc21)c1ccc([N+](=O)[O-])cc1. The highest BCUT2D eigenvalue weighted by molar-refractivity contribution is 5.93. The number of benzene rings is 6. The van der Waals surface area contributed by atoms with Crippen LogP contribution in [-0.4, -0.2) is 21.8 Å². The van der Waals surface area contributed by atoms with Gasteiger partial charge in [-0.3, -0.25) is 20.2 Å². The molecule has 1 aliphatic heterocycles. The monoisotopic (exact) mass is 662 g/mol. The average Bonchev–Trinajstić information content (AvgIpc) is 3.42. The van der Waals surface area contributed by atoms with Gasteiger partial charge in [-0.1, -0.05) is 60.7 Å². The second kappa shape index (κ2) is 11.5. The molecule has 1 spiro atoms. The highest BCUT2D eigenvalue weighted by atomic mass is 16.6. The first-order chi connectivity index (χ1) is 24.2. The van der Waals surface area contributed by atoms with Crippen LogP contribution in [0.2, 0.25) is 0 Å². The molecule has 2 aliphatic rings.